The van der Waals surface area contributed by atoms with Crippen molar-refractivity contribution < 1.29 is 13.0 Å². The molecule has 0 fully saturated rings. The van der Waals surface area contributed by atoms with Crippen molar-refractivity contribution in [2.75, 3.05) is 0 Å². The predicted molar refractivity (Wildman–Crippen MR) is 141 cm³/mol. The first-order chi connectivity index (χ1) is 15.5. The molecule has 0 aromatic heterocycles. The minimum absolute atomic E-state index is 0. The molecule has 188 valence electrons. The summed E-state index contributed by atoms with van der Waals surface area (Å²) >= 11 is 0. The van der Waals surface area contributed by atoms with Crippen molar-refractivity contribution in [3.8, 4) is 0 Å². The molecule has 2 aromatic carbocycles. The number of rotatable bonds is 17. The number of hydrogen-bond donors (Lipinski definition) is 1. The first-order valence-corrected chi connectivity index (χ1v) is 14.4. The zero-order chi connectivity index (χ0) is 23.2. The van der Waals surface area contributed by atoms with Gasteiger partial charge in [-0.05, 0) is 47.6 Å². The number of aryl methyl sites for hydroxylation is 2. The summed E-state index contributed by atoms with van der Waals surface area (Å²) in [4.78, 5) is 0.0161. The fourth-order valence-electron chi connectivity index (χ4n) is 4.72. The molecule has 0 saturated carbocycles. The lowest BCUT2D eigenvalue weighted by atomic mass is 9.94. The SMILES string of the molecule is CCCCCCCCCc1cc(CCCCCCCCC)c2ccccc2c1S(=O)(=O)[O-].[NH4+]. The van der Waals surface area contributed by atoms with Crippen LogP contribution in [0.2, 0.25) is 0 Å². The fourth-order valence-corrected chi connectivity index (χ4v) is 5.65. The van der Waals surface area contributed by atoms with E-state index < -0.39 is 10.1 Å². The fraction of sp³-hybridized carbons (Fsp3) is 0.643. The molecule has 0 amide bonds. The number of fused-ring (bicyclic) bond motifs is 1. The van der Waals surface area contributed by atoms with Gasteiger partial charge in [-0.1, -0.05) is 121 Å². The summed E-state index contributed by atoms with van der Waals surface area (Å²) < 4.78 is 36.6. The Morgan fingerprint density at radius 3 is 1.55 bits per heavy atom. The lowest BCUT2D eigenvalue weighted by Crippen LogP contribution is -2.07. The van der Waals surface area contributed by atoms with Crippen molar-refractivity contribution in [3.63, 3.8) is 0 Å². The Hall–Kier alpha value is -1.43. The Bertz CT molecular complexity index is 909. The van der Waals surface area contributed by atoms with E-state index in [1.165, 1.54) is 76.2 Å². The highest BCUT2D eigenvalue weighted by Gasteiger charge is 2.16. The van der Waals surface area contributed by atoms with Gasteiger partial charge in [0.15, 0.2) is 0 Å². The maximum absolute atomic E-state index is 12.2. The van der Waals surface area contributed by atoms with E-state index in [4.69, 9.17) is 0 Å². The number of hydrogen-bond acceptors (Lipinski definition) is 3. The summed E-state index contributed by atoms with van der Waals surface area (Å²) in [5.74, 6) is 0. The van der Waals surface area contributed by atoms with E-state index in [1.807, 2.05) is 30.3 Å². The van der Waals surface area contributed by atoms with Gasteiger partial charge in [0.2, 0.25) is 0 Å². The molecular weight excluding hydrogens is 430 g/mol. The smallest absolute Gasteiger partial charge is 0.125 e. The van der Waals surface area contributed by atoms with Crippen LogP contribution in [0.3, 0.4) is 0 Å². The Labute approximate surface area is 202 Å². The van der Waals surface area contributed by atoms with Crippen LogP contribution >= 0.6 is 0 Å². The molecule has 0 saturated heterocycles. The van der Waals surface area contributed by atoms with Crippen LogP contribution in [-0.4, -0.2) is 13.0 Å². The van der Waals surface area contributed by atoms with E-state index in [2.05, 4.69) is 13.8 Å². The molecule has 33 heavy (non-hydrogen) atoms. The molecule has 4 N–H and O–H groups in total. The average molecular weight is 478 g/mol. The zero-order valence-corrected chi connectivity index (χ0v) is 22.1. The Kier molecular flexibility index (Phi) is 14.6. The number of quaternary nitrogens is 1. The number of unbranched alkanes of at least 4 members (excludes halogenated alkanes) is 12. The quantitative estimate of drug-likeness (QED) is 0.182. The summed E-state index contributed by atoms with van der Waals surface area (Å²) in [7, 11) is -4.52. The van der Waals surface area contributed by atoms with E-state index in [1.54, 1.807) is 0 Å². The van der Waals surface area contributed by atoms with E-state index in [-0.39, 0.29) is 11.0 Å². The van der Waals surface area contributed by atoms with E-state index in [0.717, 1.165) is 36.6 Å². The van der Waals surface area contributed by atoms with Crippen LogP contribution in [-0.2, 0) is 23.0 Å². The molecule has 0 atom stereocenters. The van der Waals surface area contributed by atoms with Crippen LogP contribution in [0.4, 0.5) is 0 Å². The standard InChI is InChI=1S/C28H44O3S.H3N/c1-3-5-7-9-11-13-15-19-24-23-25(20-16-14-12-10-8-6-4-2)28(32(29,30)31)27-22-18-17-21-26(24)27;/h17-18,21-23H,3-16,19-20H2,1-2H3,(H,29,30,31);1H3. The monoisotopic (exact) mass is 477 g/mol. The van der Waals surface area contributed by atoms with Gasteiger partial charge < -0.3 is 10.7 Å². The maximum atomic E-state index is 12.2. The van der Waals surface area contributed by atoms with Crippen molar-refractivity contribution in [1.82, 2.24) is 6.15 Å². The van der Waals surface area contributed by atoms with Crippen molar-refractivity contribution in [2.45, 2.75) is 121 Å². The molecular formula is C28H47NO3S. The molecule has 2 aromatic rings. The van der Waals surface area contributed by atoms with Crippen LogP contribution in [0.5, 0.6) is 0 Å². The van der Waals surface area contributed by atoms with Crippen molar-refractivity contribution in [3.05, 3.63) is 41.5 Å². The highest BCUT2D eigenvalue weighted by atomic mass is 32.2. The van der Waals surface area contributed by atoms with E-state index >= 15 is 0 Å². The van der Waals surface area contributed by atoms with Crippen LogP contribution < -0.4 is 6.15 Å². The first-order valence-electron chi connectivity index (χ1n) is 13.0. The van der Waals surface area contributed by atoms with Crippen LogP contribution in [0.1, 0.15) is 115 Å². The van der Waals surface area contributed by atoms with Gasteiger partial charge in [0.1, 0.15) is 10.1 Å². The average Bonchev–Trinajstić information content (AvgIpc) is 2.76. The second kappa shape index (κ2) is 16.2. The van der Waals surface area contributed by atoms with Gasteiger partial charge in [0.25, 0.3) is 0 Å². The molecule has 0 aliphatic heterocycles. The zero-order valence-electron chi connectivity index (χ0n) is 21.3. The van der Waals surface area contributed by atoms with Crippen LogP contribution in [0, 0.1) is 0 Å². The van der Waals surface area contributed by atoms with Gasteiger partial charge in [0, 0.05) is 0 Å². The second-order valence-electron chi connectivity index (χ2n) is 9.27. The van der Waals surface area contributed by atoms with Crippen molar-refractivity contribution >= 4 is 20.9 Å². The lowest BCUT2D eigenvalue weighted by Gasteiger charge is -2.19. The van der Waals surface area contributed by atoms with Crippen molar-refractivity contribution in [2.24, 2.45) is 0 Å². The molecule has 4 nitrogen and oxygen atoms in total. The molecule has 0 bridgehead atoms. The van der Waals surface area contributed by atoms with Crippen LogP contribution in [0.25, 0.3) is 10.8 Å². The van der Waals surface area contributed by atoms with Gasteiger partial charge in [0.05, 0.1) is 4.90 Å². The van der Waals surface area contributed by atoms with Gasteiger partial charge in [-0.3, -0.25) is 0 Å². The Morgan fingerprint density at radius 1 is 0.636 bits per heavy atom. The van der Waals surface area contributed by atoms with Gasteiger partial charge >= 0.3 is 0 Å². The van der Waals surface area contributed by atoms with E-state index in [9.17, 15) is 13.0 Å². The Balaban J connectivity index is 0.00000544. The molecule has 0 radical (unpaired) electrons. The lowest BCUT2D eigenvalue weighted by molar-refractivity contribution is 0.462. The predicted octanol–water partition coefficient (Wildman–Crippen LogP) is 8.71. The summed E-state index contributed by atoms with van der Waals surface area (Å²) in [6.45, 7) is 4.45. The summed E-state index contributed by atoms with van der Waals surface area (Å²) in [6.07, 6.45) is 18.6. The van der Waals surface area contributed by atoms with Crippen molar-refractivity contribution in [1.29, 1.82) is 0 Å². The highest BCUT2D eigenvalue weighted by molar-refractivity contribution is 7.86. The summed E-state index contributed by atoms with van der Waals surface area (Å²) in [5.41, 5.74) is 1.92. The first kappa shape index (κ1) is 29.6. The normalized spacial score (nSPS) is 11.6. The van der Waals surface area contributed by atoms with E-state index in [0.29, 0.717) is 11.8 Å². The maximum Gasteiger partial charge on any atom is 0.125 e. The molecule has 0 aliphatic carbocycles. The molecule has 5 heteroatoms. The molecule has 0 aliphatic rings. The minimum atomic E-state index is -4.52. The van der Waals surface area contributed by atoms with Crippen LogP contribution in [0.15, 0.2) is 35.2 Å². The van der Waals surface area contributed by atoms with Gasteiger partial charge in [-0.25, -0.2) is 8.42 Å². The third-order valence-corrected chi connectivity index (χ3v) is 7.49. The third kappa shape index (κ3) is 10.2. The molecule has 2 rings (SSSR count). The minimum Gasteiger partial charge on any atom is -0.744 e. The summed E-state index contributed by atoms with van der Waals surface area (Å²) in [5, 5.41) is 1.54. The number of benzene rings is 2. The van der Waals surface area contributed by atoms with Gasteiger partial charge in [-0.15, -0.1) is 0 Å². The molecule has 0 heterocycles. The highest BCUT2D eigenvalue weighted by Crippen LogP contribution is 2.32. The second-order valence-corrected chi connectivity index (χ2v) is 10.6. The largest absolute Gasteiger partial charge is 0.744 e. The Morgan fingerprint density at radius 2 is 1.06 bits per heavy atom. The third-order valence-electron chi connectivity index (χ3n) is 6.51. The molecule has 0 spiro atoms. The van der Waals surface area contributed by atoms with Gasteiger partial charge in [-0.2, -0.15) is 0 Å². The topological polar surface area (TPSA) is 93.7 Å². The summed E-state index contributed by atoms with van der Waals surface area (Å²) in [6, 6.07) is 9.59. The molecule has 0 unspecified atom stereocenters.